The summed E-state index contributed by atoms with van der Waals surface area (Å²) in [6.07, 6.45) is 30.4. The minimum Gasteiger partial charge on any atom is -0.0654 e. The van der Waals surface area contributed by atoms with Crippen molar-refractivity contribution in [3.8, 4) is 0 Å². The largest absolute Gasteiger partial charge is 0.167 e. The standard InChI is InChI=1S/C24H51P2S/c1-4-7-10-13-16-19-22-26(25-27,23-20-17-14-11-8-5-2)24-21-18-15-12-9-6-3/h4-24H2,1-3H3/q+1. The van der Waals surface area contributed by atoms with Gasteiger partial charge in [0.15, 0.2) is 7.04 Å². The van der Waals surface area contributed by atoms with Crippen LogP contribution in [0.3, 0.4) is 0 Å². The van der Waals surface area contributed by atoms with E-state index < -0.39 is 6.95 Å². The lowest BCUT2D eigenvalue weighted by atomic mass is 10.1. The molecule has 0 amide bonds. The van der Waals surface area contributed by atoms with Crippen molar-refractivity contribution in [2.24, 2.45) is 0 Å². The molecule has 27 heavy (non-hydrogen) atoms. The molecule has 0 fully saturated rings. The van der Waals surface area contributed by atoms with Gasteiger partial charge >= 0.3 is 0 Å². The third kappa shape index (κ3) is 17.5. The van der Waals surface area contributed by atoms with Crippen molar-refractivity contribution in [3.63, 3.8) is 0 Å². The lowest BCUT2D eigenvalue weighted by Gasteiger charge is -2.22. The highest BCUT2D eigenvalue weighted by Crippen LogP contribution is 2.71. The van der Waals surface area contributed by atoms with E-state index in [2.05, 4.69) is 20.8 Å². The first-order valence-electron chi connectivity index (χ1n) is 12.5. The second-order valence-corrected chi connectivity index (χ2v) is 16.9. The summed E-state index contributed by atoms with van der Waals surface area (Å²) in [4.78, 5) is 0. The van der Waals surface area contributed by atoms with E-state index in [1.165, 1.54) is 141 Å². The van der Waals surface area contributed by atoms with Crippen molar-refractivity contribution in [3.05, 3.63) is 0 Å². The van der Waals surface area contributed by atoms with Gasteiger partial charge in [0.1, 0.15) is 0 Å². The maximum absolute atomic E-state index is 5.77. The summed E-state index contributed by atoms with van der Waals surface area (Å²) < 4.78 is 0. The normalized spacial score (nSPS) is 12.1. The first kappa shape index (κ1) is 27.9. The van der Waals surface area contributed by atoms with Gasteiger partial charge < -0.3 is 0 Å². The molecule has 162 valence electrons. The van der Waals surface area contributed by atoms with Crippen LogP contribution in [0.25, 0.3) is 0 Å². The predicted molar refractivity (Wildman–Crippen MR) is 136 cm³/mol. The van der Waals surface area contributed by atoms with Gasteiger partial charge in [0.05, 0.1) is 25.4 Å². The smallest absolute Gasteiger partial charge is 0.0654 e. The predicted octanol–water partition coefficient (Wildman–Crippen LogP) is 10.4. The summed E-state index contributed by atoms with van der Waals surface area (Å²) in [5.41, 5.74) is 0. The number of hydrogen-bond donors (Lipinski definition) is 0. The average Bonchev–Trinajstić information content (AvgIpc) is 2.69. The van der Waals surface area contributed by atoms with Gasteiger partial charge in [0, 0.05) is 0 Å². The lowest BCUT2D eigenvalue weighted by Crippen LogP contribution is -2.04. The van der Waals surface area contributed by atoms with Crippen LogP contribution in [0, 0.1) is 0 Å². The zero-order valence-corrected chi connectivity index (χ0v) is 21.8. The molecule has 0 heterocycles. The summed E-state index contributed by atoms with van der Waals surface area (Å²) in [7, 11) is 1.38. The first-order chi connectivity index (χ1) is 13.2. The molecule has 0 aromatic rings. The molecule has 0 aliphatic heterocycles. The molecule has 0 aromatic carbocycles. The number of rotatable bonds is 22. The van der Waals surface area contributed by atoms with Crippen LogP contribution in [0.5, 0.6) is 0 Å². The molecule has 0 aliphatic rings. The van der Waals surface area contributed by atoms with Gasteiger partial charge in [0.25, 0.3) is 0 Å². The van der Waals surface area contributed by atoms with Crippen LogP contribution in [0.15, 0.2) is 0 Å². The van der Waals surface area contributed by atoms with Gasteiger partial charge in [-0.05, 0) is 50.3 Å². The van der Waals surface area contributed by atoms with Crippen molar-refractivity contribution in [2.75, 3.05) is 18.5 Å². The highest BCUT2D eigenvalue weighted by Gasteiger charge is 2.34. The lowest BCUT2D eigenvalue weighted by molar-refractivity contribution is 0.617. The second-order valence-electron chi connectivity index (χ2n) is 8.65. The van der Waals surface area contributed by atoms with E-state index in [1.54, 1.807) is 0 Å². The molecule has 0 aromatic heterocycles. The van der Waals surface area contributed by atoms with Crippen molar-refractivity contribution in [2.45, 2.75) is 136 Å². The molecule has 0 saturated carbocycles. The van der Waals surface area contributed by atoms with Gasteiger partial charge in [-0.15, -0.1) is 0 Å². The Balaban J connectivity index is 4.25. The van der Waals surface area contributed by atoms with Crippen LogP contribution in [-0.4, -0.2) is 18.5 Å². The molecular formula is C24H51P2S+. The van der Waals surface area contributed by atoms with Crippen LogP contribution < -0.4 is 0 Å². The van der Waals surface area contributed by atoms with E-state index in [4.69, 9.17) is 11.8 Å². The highest BCUT2D eigenvalue weighted by atomic mass is 32.6. The molecule has 0 nitrogen and oxygen atoms in total. The van der Waals surface area contributed by atoms with Gasteiger partial charge in [-0.3, -0.25) is 0 Å². The monoisotopic (exact) mass is 433 g/mol. The molecular weight excluding hydrogens is 382 g/mol. The molecule has 0 atom stereocenters. The summed E-state index contributed by atoms with van der Waals surface area (Å²) in [5, 5.41) is 0. The molecule has 0 rings (SSSR count). The van der Waals surface area contributed by atoms with Gasteiger partial charge in [-0.25, -0.2) is 0 Å². The Morgan fingerprint density at radius 3 is 0.963 bits per heavy atom. The molecule has 0 N–H and O–H groups in total. The zero-order chi connectivity index (χ0) is 20.1. The van der Waals surface area contributed by atoms with Gasteiger partial charge in [0.2, 0.25) is 0 Å². The fourth-order valence-corrected chi connectivity index (χ4v) is 11.6. The van der Waals surface area contributed by atoms with E-state index in [1.807, 2.05) is 0 Å². The maximum atomic E-state index is 5.77. The zero-order valence-electron chi connectivity index (χ0n) is 19.2. The van der Waals surface area contributed by atoms with Gasteiger partial charge in [-0.2, -0.15) is 0 Å². The summed E-state index contributed by atoms with van der Waals surface area (Å²) in [6.45, 7) is 6.08. The fraction of sp³-hybridized carbons (Fsp3) is 1.00. The average molecular weight is 434 g/mol. The summed E-state index contributed by atoms with van der Waals surface area (Å²) >= 11 is 5.77. The Labute approximate surface area is 180 Å². The van der Waals surface area contributed by atoms with Crippen molar-refractivity contribution in [1.82, 2.24) is 0 Å². The number of hydrogen-bond acceptors (Lipinski definition) is 1. The molecule has 0 saturated heterocycles. The van der Waals surface area contributed by atoms with Gasteiger partial charge in [-0.1, -0.05) is 97.8 Å². The summed E-state index contributed by atoms with van der Waals surface area (Å²) in [6, 6.07) is 0. The molecule has 0 radical (unpaired) electrons. The Morgan fingerprint density at radius 2 is 0.704 bits per heavy atom. The topological polar surface area (TPSA) is 0 Å². The van der Waals surface area contributed by atoms with E-state index >= 15 is 0 Å². The van der Waals surface area contributed by atoms with Crippen molar-refractivity contribution >= 4 is 25.8 Å². The Bertz CT molecular complexity index is 266. The van der Waals surface area contributed by atoms with E-state index in [0.29, 0.717) is 0 Å². The fourth-order valence-electron chi connectivity index (χ4n) is 4.02. The van der Waals surface area contributed by atoms with E-state index in [0.717, 1.165) is 0 Å². The maximum Gasteiger partial charge on any atom is 0.167 e. The minimum absolute atomic E-state index is 0.857. The highest BCUT2D eigenvalue weighted by molar-refractivity contribution is 8.43. The third-order valence-corrected chi connectivity index (χ3v) is 15.7. The Morgan fingerprint density at radius 1 is 0.444 bits per heavy atom. The first-order valence-corrected chi connectivity index (χ1v) is 17.4. The molecule has 3 heteroatoms. The Kier molecular flexibility index (Phi) is 22.4. The van der Waals surface area contributed by atoms with Crippen LogP contribution in [0.4, 0.5) is 0 Å². The Hall–Kier alpha value is 0.950. The van der Waals surface area contributed by atoms with Crippen molar-refractivity contribution in [1.29, 1.82) is 0 Å². The quantitative estimate of drug-likeness (QED) is 0.121. The van der Waals surface area contributed by atoms with Crippen LogP contribution in [-0.2, 0) is 11.8 Å². The number of unbranched alkanes of at least 4 members (excludes halogenated alkanes) is 15. The minimum atomic E-state index is -0.857. The van der Waals surface area contributed by atoms with Crippen LogP contribution >= 0.6 is 14.0 Å². The molecule has 0 aliphatic carbocycles. The molecule has 0 bridgehead atoms. The van der Waals surface area contributed by atoms with Crippen molar-refractivity contribution < 1.29 is 0 Å². The van der Waals surface area contributed by atoms with E-state index in [-0.39, 0.29) is 0 Å². The van der Waals surface area contributed by atoms with Crippen LogP contribution in [0.2, 0.25) is 0 Å². The SMILES string of the molecule is CCCCCCCC[P+](CCCCCCCC)(CCCCCCCC)P=S. The molecule has 0 spiro atoms. The second kappa shape index (κ2) is 21.7. The third-order valence-electron chi connectivity index (χ3n) is 5.96. The van der Waals surface area contributed by atoms with Crippen LogP contribution in [0.1, 0.15) is 136 Å². The summed E-state index contributed by atoms with van der Waals surface area (Å²) in [5.74, 6) is 0. The molecule has 0 unspecified atom stereocenters. The van der Waals surface area contributed by atoms with E-state index in [9.17, 15) is 0 Å².